The normalized spacial score (nSPS) is 24.7. The zero-order valence-corrected chi connectivity index (χ0v) is 21.7. The number of hydrogen-bond donors (Lipinski definition) is 2. The average Bonchev–Trinajstić information content (AvgIpc) is 3.04. The number of para-hydroxylation sites is 1. The van der Waals surface area contributed by atoms with Gasteiger partial charge in [0.15, 0.2) is 6.23 Å². The highest BCUT2D eigenvalue weighted by Crippen LogP contribution is 2.52. The van der Waals surface area contributed by atoms with Gasteiger partial charge in [-0.1, -0.05) is 18.2 Å². The number of carbonyl (C=O) groups is 1. The number of rotatable bonds is 9. The van der Waals surface area contributed by atoms with E-state index in [0.717, 1.165) is 4.57 Å². The number of ether oxygens (including phenoxy) is 2. The van der Waals surface area contributed by atoms with Gasteiger partial charge in [-0.3, -0.25) is 23.7 Å². The summed E-state index contributed by atoms with van der Waals surface area (Å²) in [5.41, 5.74) is -0.965. The summed E-state index contributed by atoms with van der Waals surface area (Å²) in [6.45, 7) is 7.78. The molecule has 5 atom stereocenters. The van der Waals surface area contributed by atoms with Crippen LogP contribution in [0.25, 0.3) is 0 Å². The van der Waals surface area contributed by atoms with E-state index in [1.807, 2.05) is 0 Å². The Hall–Kier alpha value is -2.43. The van der Waals surface area contributed by atoms with E-state index in [-0.39, 0.29) is 24.0 Å². The van der Waals surface area contributed by atoms with Gasteiger partial charge in [-0.2, -0.15) is 5.09 Å². The van der Waals surface area contributed by atoms with Crippen molar-refractivity contribution < 1.29 is 27.9 Å². The lowest BCUT2D eigenvalue weighted by Gasteiger charge is -2.31. The van der Waals surface area contributed by atoms with E-state index in [9.17, 15) is 18.9 Å². The number of alkyl halides is 1. The van der Waals surface area contributed by atoms with Gasteiger partial charge >= 0.3 is 19.4 Å². The van der Waals surface area contributed by atoms with Gasteiger partial charge in [0.2, 0.25) is 0 Å². The van der Waals surface area contributed by atoms with Gasteiger partial charge < -0.3 is 14.0 Å². The van der Waals surface area contributed by atoms with Crippen molar-refractivity contribution in [3.8, 4) is 5.75 Å². The van der Waals surface area contributed by atoms with Crippen molar-refractivity contribution in [3.05, 3.63) is 62.9 Å². The first-order chi connectivity index (χ1) is 16.3. The minimum absolute atomic E-state index is 0.149. The van der Waals surface area contributed by atoms with Crippen LogP contribution < -0.4 is 20.9 Å². The van der Waals surface area contributed by atoms with Gasteiger partial charge in [0.05, 0.1) is 12.7 Å². The van der Waals surface area contributed by atoms with E-state index in [2.05, 4.69) is 10.1 Å². The van der Waals surface area contributed by atoms with Crippen LogP contribution in [0.3, 0.4) is 0 Å². The Morgan fingerprint density at radius 1 is 1.29 bits per heavy atom. The molecule has 0 radical (unpaired) electrons. The summed E-state index contributed by atoms with van der Waals surface area (Å²) in [7, 11) is -4.23. The first kappa shape index (κ1) is 27.2. The smallest absolute Gasteiger partial charge is 0.459 e. The van der Waals surface area contributed by atoms with Crippen molar-refractivity contribution in [2.45, 2.75) is 64.0 Å². The summed E-state index contributed by atoms with van der Waals surface area (Å²) >= 11 is 6.78. The van der Waals surface area contributed by atoms with E-state index in [1.165, 1.54) is 20.0 Å². The van der Waals surface area contributed by atoms with Crippen molar-refractivity contribution in [2.75, 3.05) is 6.61 Å². The monoisotopic (exact) mass is 529 g/mol. The Labute approximate surface area is 207 Å². The molecule has 0 saturated carbocycles. The molecule has 13 heteroatoms. The quantitative estimate of drug-likeness (QED) is 0.285. The Bertz CT molecular complexity index is 1210. The third-order valence-electron chi connectivity index (χ3n) is 5.21. The highest BCUT2D eigenvalue weighted by atomic mass is 35.5. The molecule has 11 nitrogen and oxygen atoms in total. The first-order valence-electron chi connectivity index (χ1n) is 11.0. The molecular weight excluding hydrogens is 501 g/mol. The number of carbonyl (C=O) groups excluding carboxylic acids is 1. The molecule has 1 saturated heterocycles. The number of H-pyrrole nitrogens is 1. The van der Waals surface area contributed by atoms with E-state index >= 15 is 0 Å². The molecule has 2 aromatic rings. The van der Waals surface area contributed by atoms with Gasteiger partial charge in [0.25, 0.3) is 5.56 Å². The second-order valence-electron chi connectivity index (χ2n) is 8.65. The third kappa shape index (κ3) is 6.42. The summed E-state index contributed by atoms with van der Waals surface area (Å²) in [6, 6.07) is 7.22. The molecule has 1 unspecified atom stereocenters. The second-order valence-corrected chi connectivity index (χ2v) is 11.1. The molecule has 1 aromatic carbocycles. The molecule has 1 aromatic heterocycles. The van der Waals surface area contributed by atoms with Crippen molar-refractivity contribution in [3.63, 3.8) is 0 Å². The molecule has 1 aliphatic rings. The van der Waals surface area contributed by atoms with Crippen molar-refractivity contribution >= 4 is 25.3 Å². The summed E-state index contributed by atoms with van der Waals surface area (Å²) in [5, 5.41) is 2.60. The van der Waals surface area contributed by atoms with Gasteiger partial charge in [0.1, 0.15) is 22.8 Å². The third-order valence-corrected chi connectivity index (χ3v) is 7.33. The molecule has 1 fully saturated rings. The molecule has 1 aliphatic heterocycles. The van der Waals surface area contributed by atoms with Crippen LogP contribution in [0.2, 0.25) is 0 Å². The van der Waals surface area contributed by atoms with Gasteiger partial charge in [-0.05, 0) is 46.8 Å². The molecular formula is C22H29ClN3O8P. The maximum absolute atomic E-state index is 13.8. The van der Waals surface area contributed by atoms with Crippen molar-refractivity contribution in [1.82, 2.24) is 14.6 Å². The topological polar surface area (TPSA) is 138 Å². The number of halogens is 1. The zero-order valence-electron chi connectivity index (χ0n) is 20.0. The summed E-state index contributed by atoms with van der Waals surface area (Å²) < 4.78 is 37.4. The number of aromatic nitrogens is 2. The van der Waals surface area contributed by atoms with Crippen molar-refractivity contribution in [2.24, 2.45) is 0 Å². The number of benzene rings is 1. The fourth-order valence-corrected chi connectivity index (χ4v) is 5.49. The number of aromatic amines is 1. The van der Waals surface area contributed by atoms with Crippen LogP contribution >= 0.6 is 19.3 Å². The second kappa shape index (κ2) is 10.7. The van der Waals surface area contributed by atoms with Crippen LogP contribution in [-0.4, -0.2) is 45.3 Å². The minimum atomic E-state index is -4.23. The van der Waals surface area contributed by atoms with E-state index in [1.54, 1.807) is 51.1 Å². The van der Waals surface area contributed by atoms with Crippen molar-refractivity contribution in [1.29, 1.82) is 0 Å². The summed E-state index contributed by atoms with van der Waals surface area (Å²) in [6.07, 6.45) is -1.14. The van der Waals surface area contributed by atoms with Gasteiger partial charge in [-0.25, -0.2) is 9.36 Å². The van der Waals surface area contributed by atoms with E-state index in [0.29, 0.717) is 0 Å². The molecule has 35 heavy (non-hydrogen) atoms. The maximum Gasteiger partial charge on any atom is 0.459 e. The standard InChI is InChI=1S/C22H29ClN3O8P/c1-13(2)32-19(28)15(4)25-35(30,33-16-9-7-6-8-10-16)34-17-12-31-20(22(17,5)23)26-11-14(3)18(27)24-21(26)29/h6-11,13,15,17,20H,12H2,1-5H3,(H,25,30)(H,24,27,29)/t15-,17+,20+,22+,35?/m0/s1. The average molecular weight is 530 g/mol. The Kier molecular flexibility index (Phi) is 8.28. The van der Waals surface area contributed by atoms with Gasteiger partial charge in [-0.15, -0.1) is 11.6 Å². The number of nitrogens with one attached hydrogen (secondary N) is 2. The fraction of sp³-hybridized carbons (Fsp3) is 0.500. The SMILES string of the molecule is Cc1cn([C@@H]2OC[C@@H](OP(=O)(N[C@@H](C)C(=O)OC(C)C)Oc3ccccc3)[C@@]2(C)Cl)c(=O)[nH]c1=O. The molecule has 2 heterocycles. The van der Waals surface area contributed by atoms with Crippen LogP contribution in [0.5, 0.6) is 5.75 Å². The molecule has 0 spiro atoms. The fourth-order valence-electron chi connectivity index (χ4n) is 3.40. The van der Waals surface area contributed by atoms with Crippen LogP contribution in [0.1, 0.15) is 39.5 Å². The largest absolute Gasteiger partial charge is 0.462 e. The lowest BCUT2D eigenvalue weighted by atomic mass is 10.1. The van der Waals surface area contributed by atoms with Crippen LogP contribution in [0.15, 0.2) is 46.1 Å². The highest BCUT2D eigenvalue weighted by Gasteiger charge is 2.52. The van der Waals surface area contributed by atoms with E-state index < -0.39 is 48.2 Å². The molecule has 2 N–H and O–H groups in total. The molecule has 0 bridgehead atoms. The molecule has 0 amide bonds. The Balaban J connectivity index is 1.88. The van der Waals surface area contributed by atoms with E-state index in [4.69, 9.17) is 30.1 Å². The van der Waals surface area contributed by atoms with Crippen LogP contribution in [0.4, 0.5) is 0 Å². The predicted octanol–water partition coefficient (Wildman–Crippen LogP) is 2.87. The zero-order chi connectivity index (χ0) is 26.0. The summed E-state index contributed by atoms with van der Waals surface area (Å²) in [4.78, 5) is 37.3. The molecule has 3 rings (SSSR count). The number of nitrogens with zero attached hydrogens (tertiary/aromatic N) is 1. The Morgan fingerprint density at radius 3 is 2.57 bits per heavy atom. The Morgan fingerprint density at radius 2 is 1.94 bits per heavy atom. The predicted molar refractivity (Wildman–Crippen MR) is 129 cm³/mol. The van der Waals surface area contributed by atoms with Crippen LogP contribution in [0, 0.1) is 6.92 Å². The number of aryl methyl sites for hydroxylation is 1. The lowest BCUT2D eigenvalue weighted by molar-refractivity contribution is -0.149. The molecule has 192 valence electrons. The van der Waals surface area contributed by atoms with Crippen LogP contribution in [-0.2, 0) is 23.4 Å². The highest BCUT2D eigenvalue weighted by molar-refractivity contribution is 7.52. The number of hydrogen-bond acceptors (Lipinski definition) is 8. The molecule has 0 aliphatic carbocycles. The summed E-state index contributed by atoms with van der Waals surface area (Å²) in [5.74, 6) is -0.420. The first-order valence-corrected chi connectivity index (χ1v) is 12.9. The maximum atomic E-state index is 13.8. The number of esters is 1. The lowest BCUT2D eigenvalue weighted by Crippen LogP contribution is -2.44. The minimum Gasteiger partial charge on any atom is -0.462 e. The van der Waals surface area contributed by atoms with Gasteiger partial charge in [0, 0.05) is 11.8 Å².